The third-order valence-electron chi connectivity index (χ3n) is 8.34. The highest BCUT2D eigenvalue weighted by atomic mass is 19.4. The molecule has 0 unspecified atom stereocenters. The summed E-state index contributed by atoms with van der Waals surface area (Å²) >= 11 is 0. The Hall–Kier alpha value is -5.18. The van der Waals surface area contributed by atoms with Gasteiger partial charge in [0.15, 0.2) is 12.4 Å². The predicted octanol–water partition coefficient (Wildman–Crippen LogP) is 8.01. The van der Waals surface area contributed by atoms with E-state index < -0.39 is 18.3 Å². The summed E-state index contributed by atoms with van der Waals surface area (Å²) in [7, 11) is 0. The largest absolute Gasteiger partial charge is 0.484 e. The molecule has 1 aliphatic heterocycles. The summed E-state index contributed by atoms with van der Waals surface area (Å²) in [6, 6.07) is 34.0. The summed E-state index contributed by atoms with van der Waals surface area (Å²) < 4.78 is 45.0. The zero-order valence-electron chi connectivity index (χ0n) is 24.2. The first-order valence-electron chi connectivity index (χ1n) is 14.8. The average molecular weight is 607 g/mol. The zero-order chi connectivity index (χ0) is 31.0. The van der Waals surface area contributed by atoms with E-state index in [0.29, 0.717) is 42.3 Å². The van der Waals surface area contributed by atoms with Gasteiger partial charge in [-0.1, -0.05) is 97.1 Å². The van der Waals surface area contributed by atoms with E-state index in [2.05, 4.69) is 5.32 Å². The van der Waals surface area contributed by atoms with Crippen LogP contribution in [0.25, 0.3) is 11.3 Å². The van der Waals surface area contributed by atoms with E-state index in [4.69, 9.17) is 14.7 Å². The molecule has 5 aromatic rings. The van der Waals surface area contributed by atoms with Crippen LogP contribution in [0.15, 0.2) is 114 Å². The molecule has 0 bridgehead atoms. The molecule has 1 aliphatic carbocycles. The Morgan fingerprint density at radius 1 is 0.911 bits per heavy atom. The number of fused-ring (bicyclic) bond motifs is 3. The number of amides is 1. The van der Waals surface area contributed by atoms with E-state index in [1.54, 1.807) is 22.8 Å². The van der Waals surface area contributed by atoms with Crippen molar-refractivity contribution in [3.63, 3.8) is 0 Å². The van der Waals surface area contributed by atoms with Gasteiger partial charge in [0.05, 0.1) is 11.3 Å². The molecule has 6 nitrogen and oxygen atoms in total. The number of aryl methyl sites for hydroxylation is 1. The average Bonchev–Trinajstić information content (AvgIpc) is 3.42. The van der Waals surface area contributed by atoms with Crippen molar-refractivity contribution < 1.29 is 22.7 Å². The predicted molar refractivity (Wildman–Crippen MR) is 166 cm³/mol. The normalized spacial score (nSPS) is 17.3. The van der Waals surface area contributed by atoms with Gasteiger partial charge in [0, 0.05) is 23.1 Å². The Morgan fingerprint density at radius 3 is 2.20 bits per heavy atom. The Bertz CT molecular complexity index is 1850. The fourth-order valence-corrected chi connectivity index (χ4v) is 6.38. The van der Waals surface area contributed by atoms with E-state index in [-0.39, 0.29) is 11.8 Å². The van der Waals surface area contributed by atoms with E-state index in [9.17, 15) is 18.0 Å². The summed E-state index contributed by atoms with van der Waals surface area (Å²) in [6.07, 6.45) is -1.94. The van der Waals surface area contributed by atoms with Crippen LogP contribution in [0.5, 0.6) is 5.75 Å². The van der Waals surface area contributed by atoms with Crippen molar-refractivity contribution in [1.82, 2.24) is 14.9 Å². The minimum Gasteiger partial charge on any atom is -0.484 e. The number of benzene rings is 4. The second-order valence-corrected chi connectivity index (χ2v) is 11.4. The summed E-state index contributed by atoms with van der Waals surface area (Å²) in [6.45, 7) is -1.36. The molecular weight excluding hydrogens is 577 g/mol. The topological polar surface area (TPSA) is 68.5 Å². The lowest BCUT2D eigenvalue weighted by atomic mass is 9.73. The van der Waals surface area contributed by atoms with Gasteiger partial charge < -0.3 is 10.1 Å². The van der Waals surface area contributed by atoms with E-state index in [0.717, 1.165) is 34.2 Å². The molecule has 1 amide bonds. The maximum atomic E-state index is 14.2. The number of carbonyl (C=O) groups is 1. The quantitative estimate of drug-likeness (QED) is 0.199. The minimum absolute atomic E-state index is 0.157. The number of halogens is 3. The number of rotatable bonds is 6. The maximum absolute atomic E-state index is 14.2. The van der Waals surface area contributed by atoms with Gasteiger partial charge in [-0.15, -0.1) is 0 Å². The van der Waals surface area contributed by atoms with Gasteiger partial charge in [0.2, 0.25) is 0 Å². The number of alkyl halides is 3. The summed E-state index contributed by atoms with van der Waals surface area (Å²) in [5.74, 6) is 1.16. The Balaban J connectivity index is 1.35. The lowest BCUT2D eigenvalue weighted by molar-refractivity contribution is -0.153. The molecule has 1 spiro atoms. The SMILES string of the molecule is O=C1N[C@@]2(CCCc3cc(OCC(F)(F)F)ccc32)Cc2nc(-c3ccccc3)c(N=C(c3ccccc3)c3ccccc3)n21. The van der Waals surface area contributed by atoms with Crippen molar-refractivity contribution >= 4 is 17.6 Å². The number of nitrogens with zero attached hydrogens (tertiary/aromatic N) is 3. The van der Waals surface area contributed by atoms with E-state index in [1.807, 2.05) is 91.0 Å². The van der Waals surface area contributed by atoms with E-state index >= 15 is 0 Å². The van der Waals surface area contributed by atoms with Crippen LogP contribution in [0.2, 0.25) is 0 Å². The van der Waals surface area contributed by atoms with Gasteiger partial charge in [-0.3, -0.25) is 0 Å². The first-order chi connectivity index (χ1) is 21.8. The molecule has 0 radical (unpaired) electrons. The third-order valence-corrected chi connectivity index (χ3v) is 8.34. The third kappa shape index (κ3) is 5.61. The molecule has 7 rings (SSSR count). The summed E-state index contributed by atoms with van der Waals surface area (Å²) in [5, 5.41) is 3.27. The highest BCUT2D eigenvalue weighted by molar-refractivity contribution is 6.14. The number of aliphatic imine (C=N–C) groups is 1. The van der Waals surface area contributed by atoms with Crippen molar-refractivity contribution in [3.8, 4) is 17.0 Å². The number of hydrogen-bond acceptors (Lipinski definition) is 4. The van der Waals surface area contributed by atoms with Crippen molar-refractivity contribution in [2.75, 3.05) is 6.61 Å². The first kappa shape index (κ1) is 28.6. The number of carbonyl (C=O) groups excluding carboxylic acids is 1. The highest BCUT2D eigenvalue weighted by Crippen LogP contribution is 2.44. The van der Waals surface area contributed by atoms with Crippen LogP contribution in [0.4, 0.5) is 23.8 Å². The van der Waals surface area contributed by atoms with Crippen LogP contribution in [0.3, 0.4) is 0 Å². The minimum atomic E-state index is -4.43. The molecule has 2 aliphatic rings. The number of ether oxygens (including phenoxy) is 1. The lowest BCUT2D eigenvalue weighted by Crippen LogP contribution is -2.55. The first-order valence-corrected chi connectivity index (χ1v) is 14.8. The molecule has 226 valence electrons. The van der Waals surface area contributed by atoms with Crippen LogP contribution in [-0.2, 0) is 18.4 Å². The number of aromatic nitrogens is 2. The van der Waals surface area contributed by atoms with Gasteiger partial charge in [0.1, 0.15) is 17.3 Å². The fraction of sp³-hybridized carbons (Fsp3) is 0.194. The van der Waals surface area contributed by atoms with Crippen molar-refractivity contribution in [2.45, 2.75) is 37.4 Å². The van der Waals surface area contributed by atoms with Crippen molar-refractivity contribution in [2.24, 2.45) is 4.99 Å². The molecule has 2 heterocycles. The van der Waals surface area contributed by atoms with Crippen LogP contribution < -0.4 is 10.1 Å². The van der Waals surface area contributed by atoms with Gasteiger partial charge in [-0.05, 0) is 42.5 Å². The summed E-state index contributed by atoms with van der Waals surface area (Å²) in [5.41, 5.74) is 4.90. The van der Waals surface area contributed by atoms with Crippen molar-refractivity contribution in [1.29, 1.82) is 0 Å². The van der Waals surface area contributed by atoms with Gasteiger partial charge in [-0.2, -0.15) is 13.2 Å². The van der Waals surface area contributed by atoms with Crippen LogP contribution in [0, 0.1) is 0 Å². The molecule has 1 N–H and O–H groups in total. The number of hydrogen-bond donors (Lipinski definition) is 1. The standard InChI is InChI=1S/C36H29F3N4O2/c37-36(38,39)23-45-28-18-19-29-27(21-28)17-10-20-35(29)22-30-40-32(26-15-8-3-9-16-26)33(43(30)34(44)42-35)41-31(24-11-4-1-5-12-24)25-13-6-2-7-14-25/h1-9,11-16,18-19,21H,10,17,20,22-23H2,(H,42,44)/t35-/m0/s1. The van der Waals surface area contributed by atoms with E-state index in [1.165, 1.54) is 0 Å². The number of nitrogens with one attached hydrogen (secondary N) is 1. The molecular formula is C36H29F3N4O2. The molecule has 45 heavy (non-hydrogen) atoms. The maximum Gasteiger partial charge on any atom is 0.422 e. The molecule has 4 aromatic carbocycles. The van der Waals surface area contributed by atoms with Crippen LogP contribution in [0.1, 0.15) is 40.9 Å². The van der Waals surface area contributed by atoms with Gasteiger partial charge in [-0.25, -0.2) is 19.3 Å². The molecule has 0 saturated heterocycles. The monoisotopic (exact) mass is 606 g/mol. The zero-order valence-corrected chi connectivity index (χ0v) is 24.2. The lowest BCUT2D eigenvalue weighted by Gasteiger charge is -2.42. The van der Waals surface area contributed by atoms with Crippen molar-refractivity contribution in [3.05, 3.63) is 137 Å². The van der Waals surface area contributed by atoms with Crippen LogP contribution >= 0.6 is 0 Å². The van der Waals surface area contributed by atoms with Crippen LogP contribution in [-0.4, -0.2) is 34.1 Å². The smallest absolute Gasteiger partial charge is 0.422 e. The second kappa shape index (κ2) is 11.4. The molecule has 0 fully saturated rings. The summed E-state index contributed by atoms with van der Waals surface area (Å²) in [4.78, 5) is 24.4. The Labute approximate surface area is 258 Å². The Morgan fingerprint density at radius 2 is 1.56 bits per heavy atom. The fourth-order valence-electron chi connectivity index (χ4n) is 6.38. The van der Waals surface area contributed by atoms with Gasteiger partial charge >= 0.3 is 12.2 Å². The highest BCUT2D eigenvalue weighted by Gasteiger charge is 2.45. The molecule has 0 saturated carbocycles. The molecule has 1 atom stereocenters. The number of imidazole rings is 1. The Kier molecular flexibility index (Phi) is 7.23. The second-order valence-electron chi connectivity index (χ2n) is 11.4. The molecule has 1 aromatic heterocycles. The van der Waals surface area contributed by atoms with Gasteiger partial charge in [0.25, 0.3) is 0 Å². The molecule has 9 heteroatoms.